The van der Waals surface area contributed by atoms with Crippen molar-refractivity contribution in [3.63, 3.8) is 0 Å². The second-order valence-corrected chi connectivity index (χ2v) is 7.09. The minimum atomic E-state index is -3.74. The lowest BCUT2D eigenvalue weighted by molar-refractivity contribution is 0.190. The van der Waals surface area contributed by atoms with Gasteiger partial charge in [-0.05, 0) is 45.0 Å². The van der Waals surface area contributed by atoms with Crippen molar-refractivity contribution in [2.75, 3.05) is 24.6 Å². The van der Waals surface area contributed by atoms with E-state index in [9.17, 15) is 8.42 Å². The Hall–Kier alpha value is -1.31. The molecule has 1 fully saturated rings. The van der Waals surface area contributed by atoms with E-state index in [1.165, 1.54) is 12.1 Å². The normalized spacial score (nSPS) is 24.6. The van der Waals surface area contributed by atoms with Gasteiger partial charge in [0.2, 0.25) is 10.0 Å². The number of primary sulfonamides is 1. The van der Waals surface area contributed by atoms with E-state index < -0.39 is 10.0 Å². The van der Waals surface area contributed by atoms with Crippen molar-refractivity contribution >= 4 is 21.4 Å². The van der Waals surface area contributed by atoms with Crippen molar-refractivity contribution in [1.29, 1.82) is 0 Å². The number of nitrogens with one attached hydrogen (secondary N) is 1. The summed E-state index contributed by atoms with van der Waals surface area (Å²) in [4.78, 5) is 2.36. The molecule has 1 aromatic rings. The second kappa shape index (κ2) is 5.59. The Morgan fingerprint density at radius 2 is 2.05 bits per heavy atom. The van der Waals surface area contributed by atoms with E-state index in [0.29, 0.717) is 23.5 Å². The number of sulfonamides is 1. The molecule has 2 unspecified atom stereocenters. The van der Waals surface area contributed by atoms with Crippen molar-refractivity contribution in [2.45, 2.75) is 36.7 Å². The Balaban J connectivity index is 2.16. The van der Waals surface area contributed by atoms with Crippen LogP contribution in [0.2, 0.25) is 0 Å². The minimum Gasteiger partial charge on any atom is -0.399 e. The van der Waals surface area contributed by atoms with Crippen LogP contribution in [0.1, 0.15) is 19.8 Å². The van der Waals surface area contributed by atoms with Gasteiger partial charge in [-0.15, -0.1) is 0 Å². The van der Waals surface area contributed by atoms with E-state index in [4.69, 9.17) is 10.9 Å². The Bertz CT molecular complexity index is 588. The van der Waals surface area contributed by atoms with Gasteiger partial charge in [0.25, 0.3) is 0 Å². The quantitative estimate of drug-likeness (QED) is 0.717. The number of piperidine rings is 1. The molecule has 5 N–H and O–H groups in total. The molecule has 112 valence electrons. The predicted octanol–water partition coefficient (Wildman–Crippen LogP) is 0.811. The molecule has 20 heavy (non-hydrogen) atoms. The molecule has 0 aromatic heterocycles. The number of nitrogens with zero attached hydrogens (tertiary/aromatic N) is 1. The topological polar surface area (TPSA) is 101 Å². The molecule has 0 aliphatic carbocycles. The Morgan fingerprint density at radius 3 is 2.65 bits per heavy atom. The number of rotatable bonds is 3. The number of hydrogen-bond donors (Lipinski definition) is 3. The summed E-state index contributed by atoms with van der Waals surface area (Å²) in [6, 6.07) is 5.46. The number of anilines is 2. The van der Waals surface area contributed by atoms with E-state index in [1.54, 1.807) is 6.07 Å². The van der Waals surface area contributed by atoms with Crippen LogP contribution < -0.4 is 16.2 Å². The Labute approximate surface area is 120 Å². The first-order chi connectivity index (χ1) is 9.25. The van der Waals surface area contributed by atoms with Crippen molar-refractivity contribution in [1.82, 2.24) is 4.90 Å². The summed E-state index contributed by atoms with van der Waals surface area (Å²) >= 11 is 0. The van der Waals surface area contributed by atoms with Crippen molar-refractivity contribution < 1.29 is 8.42 Å². The number of hydrogen-bond acceptors (Lipinski definition) is 5. The third kappa shape index (κ3) is 3.62. The van der Waals surface area contributed by atoms with Gasteiger partial charge in [0, 0.05) is 30.0 Å². The van der Waals surface area contributed by atoms with Gasteiger partial charge in [0.05, 0.1) is 4.90 Å². The van der Waals surface area contributed by atoms with Crippen LogP contribution in [-0.4, -0.2) is 39.0 Å². The van der Waals surface area contributed by atoms with E-state index in [-0.39, 0.29) is 4.90 Å². The van der Waals surface area contributed by atoms with Crippen LogP contribution in [0.5, 0.6) is 0 Å². The molecule has 2 atom stereocenters. The molecule has 2 rings (SSSR count). The van der Waals surface area contributed by atoms with Crippen LogP contribution in [0, 0.1) is 0 Å². The molecule has 1 aliphatic rings. The molecule has 1 saturated heterocycles. The molecular formula is C13H22N4O2S. The highest BCUT2D eigenvalue weighted by molar-refractivity contribution is 7.89. The van der Waals surface area contributed by atoms with Gasteiger partial charge in [-0.1, -0.05) is 0 Å². The first kappa shape index (κ1) is 15.1. The standard InChI is InChI=1S/C13H22N4O2S/c1-9-5-11(3-4-17(9)2)16-12-6-10(14)7-13(8-12)20(15,18)19/h6-9,11,16H,3-5,14H2,1-2H3,(H2,15,18,19). The lowest BCUT2D eigenvalue weighted by Gasteiger charge is -2.35. The van der Waals surface area contributed by atoms with E-state index in [2.05, 4.69) is 24.2 Å². The summed E-state index contributed by atoms with van der Waals surface area (Å²) in [5.74, 6) is 0. The largest absolute Gasteiger partial charge is 0.399 e. The fraction of sp³-hybridized carbons (Fsp3) is 0.538. The molecule has 1 aromatic carbocycles. The molecule has 7 heteroatoms. The number of nitrogens with two attached hydrogens (primary N) is 2. The molecule has 0 spiro atoms. The number of nitrogen functional groups attached to an aromatic ring is 1. The van der Waals surface area contributed by atoms with Crippen molar-refractivity contribution in [3.05, 3.63) is 18.2 Å². The van der Waals surface area contributed by atoms with Gasteiger partial charge in [0.1, 0.15) is 0 Å². The van der Waals surface area contributed by atoms with E-state index in [0.717, 1.165) is 19.4 Å². The SMILES string of the molecule is CC1CC(Nc2cc(N)cc(S(N)(=O)=O)c2)CCN1C. The van der Waals surface area contributed by atoms with Gasteiger partial charge in [-0.25, -0.2) is 13.6 Å². The highest BCUT2D eigenvalue weighted by Crippen LogP contribution is 2.24. The fourth-order valence-electron chi connectivity index (χ4n) is 2.53. The zero-order chi connectivity index (χ0) is 14.9. The minimum absolute atomic E-state index is 0.0426. The maximum absolute atomic E-state index is 11.4. The Kier molecular flexibility index (Phi) is 4.22. The van der Waals surface area contributed by atoms with Crippen LogP contribution in [0.25, 0.3) is 0 Å². The number of likely N-dealkylation sites (tertiary alicyclic amines) is 1. The summed E-state index contributed by atoms with van der Waals surface area (Å²) in [5.41, 5.74) is 6.84. The fourth-order valence-corrected chi connectivity index (χ4v) is 3.12. The first-order valence-electron chi connectivity index (χ1n) is 6.66. The molecule has 1 aliphatic heterocycles. The smallest absolute Gasteiger partial charge is 0.238 e. The summed E-state index contributed by atoms with van der Waals surface area (Å²) in [5, 5.41) is 8.51. The van der Waals surface area contributed by atoms with Gasteiger partial charge in [-0.3, -0.25) is 0 Å². The third-order valence-electron chi connectivity index (χ3n) is 3.84. The van der Waals surface area contributed by atoms with Crippen LogP contribution >= 0.6 is 0 Å². The Morgan fingerprint density at radius 1 is 1.35 bits per heavy atom. The maximum Gasteiger partial charge on any atom is 0.238 e. The monoisotopic (exact) mass is 298 g/mol. The average molecular weight is 298 g/mol. The highest BCUT2D eigenvalue weighted by atomic mass is 32.2. The second-order valence-electron chi connectivity index (χ2n) is 5.53. The molecule has 0 bridgehead atoms. The van der Waals surface area contributed by atoms with Gasteiger partial charge < -0.3 is 16.0 Å². The summed E-state index contributed by atoms with van der Waals surface area (Å²) in [7, 11) is -1.62. The molecule has 0 saturated carbocycles. The van der Waals surface area contributed by atoms with Crippen molar-refractivity contribution in [3.8, 4) is 0 Å². The zero-order valence-corrected chi connectivity index (χ0v) is 12.7. The summed E-state index contributed by atoms with van der Waals surface area (Å²) in [6.45, 7) is 3.20. The molecule has 6 nitrogen and oxygen atoms in total. The third-order valence-corrected chi connectivity index (χ3v) is 4.73. The summed E-state index contributed by atoms with van der Waals surface area (Å²) in [6.07, 6.45) is 2.02. The average Bonchev–Trinajstić information content (AvgIpc) is 2.32. The lowest BCUT2D eigenvalue weighted by atomic mass is 9.98. The van der Waals surface area contributed by atoms with Gasteiger partial charge >= 0.3 is 0 Å². The van der Waals surface area contributed by atoms with E-state index in [1.807, 2.05) is 0 Å². The lowest BCUT2D eigenvalue weighted by Crippen LogP contribution is -2.42. The molecular weight excluding hydrogens is 276 g/mol. The van der Waals surface area contributed by atoms with Crippen LogP contribution in [0.4, 0.5) is 11.4 Å². The number of benzene rings is 1. The van der Waals surface area contributed by atoms with Crippen LogP contribution in [0.3, 0.4) is 0 Å². The first-order valence-corrected chi connectivity index (χ1v) is 8.20. The van der Waals surface area contributed by atoms with E-state index >= 15 is 0 Å². The highest BCUT2D eigenvalue weighted by Gasteiger charge is 2.23. The molecule has 1 heterocycles. The zero-order valence-electron chi connectivity index (χ0n) is 11.8. The van der Waals surface area contributed by atoms with Crippen LogP contribution in [-0.2, 0) is 10.0 Å². The maximum atomic E-state index is 11.4. The van der Waals surface area contributed by atoms with Gasteiger partial charge in [-0.2, -0.15) is 0 Å². The van der Waals surface area contributed by atoms with Crippen molar-refractivity contribution in [2.24, 2.45) is 5.14 Å². The molecule has 0 radical (unpaired) electrons. The summed E-state index contributed by atoms with van der Waals surface area (Å²) < 4.78 is 22.8. The van der Waals surface area contributed by atoms with Gasteiger partial charge in [0.15, 0.2) is 0 Å². The molecule has 0 amide bonds. The van der Waals surface area contributed by atoms with Crippen LogP contribution in [0.15, 0.2) is 23.1 Å². The predicted molar refractivity (Wildman–Crippen MR) is 81.0 cm³/mol.